The molecule has 1 aliphatic heterocycles. The van der Waals surface area contributed by atoms with Crippen molar-refractivity contribution in [3.05, 3.63) is 83.7 Å². The molecule has 1 saturated heterocycles. The first-order valence-corrected chi connectivity index (χ1v) is 9.79. The van der Waals surface area contributed by atoms with Crippen molar-refractivity contribution in [1.29, 1.82) is 0 Å². The highest BCUT2D eigenvalue weighted by atomic mass is 16.2. The van der Waals surface area contributed by atoms with E-state index >= 15 is 0 Å². The number of hydrogen-bond acceptors (Lipinski definition) is 4. The Morgan fingerprint density at radius 2 is 1.76 bits per heavy atom. The molecule has 1 fully saturated rings. The minimum Gasteiger partial charge on any atom is -0.347 e. The number of carbonyl (C=O) groups excluding carboxylic acids is 2. The van der Waals surface area contributed by atoms with Crippen LogP contribution in [0.1, 0.15) is 39.3 Å². The number of aromatic nitrogens is 3. The fourth-order valence-electron chi connectivity index (χ4n) is 3.62. The van der Waals surface area contributed by atoms with E-state index in [2.05, 4.69) is 15.6 Å². The van der Waals surface area contributed by atoms with Crippen molar-refractivity contribution in [3.8, 4) is 0 Å². The van der Waals surface area contributed by atoms with Crippen LogP contribution >= 0.6 is 0 Å². The lowest BCUT2D eigenvalue weighted by Gasteiger charge is -2.24. The summed E-state index contributed by atoms with van der Waals surface area (Å²) < 4.78 is 1.65. The minimum atomic E-state index is -0.260. The molecule has 1 atom stereocenters. The lowest BCUT2D eigenvalue weighted by Crippen LogP contribution is -2.38. The summed E-state index contributed by atoms with van der Waals surface area (Å²) in [4.78, 5) is 27.0. The van der Waals surface area contributed by atoms with Gasteiger partial charge in [-0.25, -0.2) is 4.68 Å². The number of rotatable bonds is 6. The van der Waals surface area contributed by atoms with Crippen molar-refractivity contribution in [2.45, 2.75) is 32.0 Å². The maximum absolute atomic E-state index is 12.8. The van der Waals surface area contributed by atoms with Gasteiger partial charge in [0.2, 0.25) is 0 Å². The maximum atomic E-state index is 12.8. The zero-order valence-corrected chi connectivity index (χ0v) is 16.1. The highest BCUT2D eigenvalue weighted by Gasteiger charge is 2.30. The normalized spacial score (nSPS) is 16.0. The quantitative estimate of drug-likeness (QED) is 0.703. The van der Waals surface area contributed by atoms with Crippen molar-refractivity contribution >= 4 is 11.8 Å². The average molecular weight is 389 g/mol. The topological polar surface area (TPSA) is 80.1 Å². The Hall–Kier alpha value is -3.48. The van der Waals surface area contributed by atoms with Crippen LogP contribution in [-0.4, -0.2) is 44.3 Å². The molecule has 1 aliphatic rings. The lowest BCUT2D eigenvalue weighted by atomic mass is 10.1. The molecule has 7 heteroatoms. The van der Waals surface area contributed by atoms with Crippen molar-refractivity contribution in [2.75, 3.05) is 6.54 Å². The summed E-state index contributed by atoms with van der Waals surface area (Å²) >= 11 is 0. The molecule has 4 rings (SSSR count). The molecule has 0 spiro atoms. The average Bonchev–Trinajstić information content (AvgIpc) is 3.43. The number of carbonyl (C=O) groups is 2. The number of benzene rings is 2. The molecule has 0 radical (unpaired) electrons. The first-order valence-electron chi connectivity index (χ1n) is 9.79. The monoisotopic (exact) mass is 389 g/mol. The van der Waals surface area contributed by atoms with Crippen molar-refractivity contribution < 1.29 is 9.59 Å². The molecule has 2 amide bonds. The van der Waals surface area contributed by atoms with Crippen LogP contribution in [0, 0.1) is 0 Å². The molecule has 29 heavy (non-hydrogen) atoms. The standard InChI is InChI=1S/C22H23N5O2/c28-21(23-14-17-8-3-1-4-9-17)20-16-26(25-24-20)15-19-12-7-13-27(19)22(29)18-10-5-2-6-11-18/h1-6,8-11,16,19H,7,12-15H2,(H,23,28)/t19-/m0/s1. The molecule has 1 aromatic heterocycles. The minimum absolute atomic E-state index is 0.0362. The Morgan fingerprint density at radius 1 is 1.03 bits per heavy atom. The molecular weight excluding hydrogens is 366 g/mol. The van der Waals surface area contributed by atoms with Crippen LogP contribution in [0.25, 0.3) is 0 Å². The van der Waals surface area contributed by atoms with E-state index in [-0.39, 0.29) is 23.6 Å². The smallest absolute Gasteiger partial charge is 0.273 e. The van der Waals surface area contributed by atoms with E-state index in [4.69, 9.17) is 0 Å². The van der Waals surface area contributed by atoms with Gasteiger partial charge < -0.3 is 10.2 Å². The summed E-state index contributed by atoms with van der Waals surface area (Å²) in [6.07, 6.45) is 3.51. The van der Waals surface area contributed by atoms with E-state index in [9.17, 15) is 9.59 Å². The van der Waals surface area contributed by atoms with Crippen molar-refractivity contribution in [3.63, 3.8) is 0 Å². The van der Waals surface area contributed by atoms with E-state index in [1.807, 2.05) is 65.6 Å². The van der Waals surface area contributed by atoms with Gasteiger partial charge in [0.05, 0.1) is 18.8 Å². The van der Waals surface area contributed by atoms with E-state index in [0.717, 1.165) is 24.9 Å². The van der Waals surface area contributed by atoms with Gasteiger partial charge in [-0.3, -0.25) is 9.59 Å². The zero-order chi connectivity index (χ0) is 20.1. The van der Waals surface area contributed by atoms with Crippen molar-refractivity contribution in [1.82, 2.24) is 25.2 Å². The summed E-state index contributed by atoms with van der Waals surface area (Å²) in [5.74, 6) is -0.224. The summed E-state index contributed by atoms with van der Waals surface area (Å²) in [6.45, 7) is 1.70. The van der Waals surface area contributed by atoms with Crippen LogP contribution in [0.15, 0.2) is 66.9 Å². The molecule has 148 valence electrons. The summed E-state index contributed by atoms with van der Waals surface area (Å²) in [6, 6.07) is 19.1. The summed E-state index contributed by atoms with van der Waals surface area (Å²) in [5, 5.41) is 10.9. The lowest BCUT2D eigenvalue weighted by molar-refractivity contribution is 0.0720. The Bertz CT molecular complexity index is 971. The maximum Gasteiger partial charge on any atom is 0.273 e. The first-order chi connectivity index (χ1) is 14.2. The van der Waals surface area contributed by atoms with Gasteiger partial charge in [0.15, 0.2) is 5.69 Å². The second-order valence-corrected chi connectivity index (χ2v) is 7.15. The molecule has 3 aromatic rings. The summed E-state index contributed by atoms with van der Waals surface area (Å²) in [5.41, 5.74) is 1.99. The molecule has 0 unspecified atom stereocenters. The van der Waals surface area contributed by atoms with E-state index < -0.39 is 0 Å². The van der Waals surface area contributed by atoms with Crippen molar-refractivity contribution in [2.24, 2.45) is 0 Å². The fourth-order valence-corrected chi connectivity index (χ4v) is 3.62. The van der Waals surface area contributed by atoms with Gasteiger partial charge in [0.25, 0.3) is 11.8 Å². The Labute approximate surface area is 169 Å². The van der Waals surface area contributed by atoms with Gasteiger partial charge in [0, 0.05) is 18.7 Å². The molecule has 2 aromatic carbocycles. The third-order valence-electron chi connectivity index (χ3n) is 5.12. The van der Waals surface area contributed by atoms with Gasteiger partial charge >= 0.3 is 0 Å². The van der Waals surface area contributed by atoms with Gasteiger partial charge in [-0.05, 0) is 30.5 Å². The molecule has 2 heterocycles. The number of likely N-dealkylation sites (tertiary alicyclic amines) is 1. The zero-order valence-electron chi connectivity index (χ0n) is 16.1. The highest BCUT2D eigenvalue weighted by molar-refractivity contribution is 5.94. The Morgan fingerprint density at radius 3 is 2.52 bits per heavy atom. The van der Waals surface area contributed by atoms with Gasteiger partial charge in [0.1, 0.15) is 0 Å². The van der Waals surface area contributed by atoms with Crippen LogP contribution < -0.4 is 5.32 Å². The molecule has 1 N–H and O–H groups in total. The van der Waals surface area contributed by atoms with E-state index in [1.165, 1.54) is 0 Å². The van der Waals surface area contributed by atoms with Crippen LogP contribution in [0.3, 0.4) is 0 Å². The van der Waals surface area contributed by atoms with Crippen LogP contribution in [0.2, 0.25) is 0 Å². The second kappa shape index (κ2) is 8.68. The SMILES string of the molecule is O=C(NCc1ccccc1)c1cn(C[C@@H]2CCCN2C(=O)c2ccccc2)nn1. The third-order valence-corrected chi connectivity index (χ3v) is 5.12. The van der Waals surface area contributed by atoms with Crippen LogP contribution in [0.4, 0.5) is 0 Å². The third kappa shape index (κ3) is 4.51. The Kier molecular flexibility index (Phi) is 5.65. The number of hydrogen-bond donors (Lipinski definition) is 1. The van der Waals surface area contributed by atoms with Crippen LogP contribution in [0.5, 0.6) is 0 Å². The number of nitrogens with zero attached hydrogens (tertiary/aromatic N) is 4. The van der Waals surface area contributed by atoms with E-state index in [1.54, 1.807) is 10.9 Å². The highest BCUT2D eigenvalue weighted by Crippen LogP contribution is 2.21. The number of amides is 2. The van der Waals surface area contributed by atoms with Gasteiger partial charge in [-0.2, -0.15) is 0 Å². The Balaban J connectivity index is 1.37. The number of nitrogens with one attached hydrogen (secondary N) is 1. The molecule has 0 aliphatic carbocycles. The molecule has 7 nitrogen and oxygen atoms in total. The van der Waals surface area contributed by atoms with Crippen LogP contribution in [-0.2, 0) is 13.1 Å². The van der Waals surface area contributed by atoms with Gasteiger partial charge in [-0.1, -0.05) is 53.7 Å². The van der Waals surface area contributed by atoms with Gasteiger partial charge in [-0.15, -0.1) is 5.10 Å². The molecular formula is C22H23N5O2. The predicted molar refractivity (Wildman–Crippen MR) is 108 cm³/mol. The molecule has 0 bridgehead atoms. The molecule has 0 saturated carbocycles. The first kappa shape index (κ1) is 18.9. The second-order valence-electron chi connectivity index (χ2n) is 7.15. The summed E-state index contributed by atoms with van der Waals surface area (Å²) in [7, 11) is 0. The van der Waals surface area contributed by atoms with E-state index in [0.29, 0.717) is 18.7 Å². The fraction of sp³-hybridized carbons (Fsp3) is 0.273. The predicted octanol–water partition coefficient (Wildman–Crippen LogP) is 2.51. The largest absolute Gasteiger partial charge is 0.347 e.